The second kappa shape index (κ2) is 5.01. The average molecular weight is 284 g/mol. The lowest BCUT2D eigenvalue weighted by Crippen LogP contribution is -2.30. The molecule has 0 fully saturated rings. The summed E-state index contributed by atoms with van der Waals surface area (Å²) in [6.45, 7) is 0. The van der Waals surface area contributed by atoms with Crippen LogP contribution in [0.15, 0.2) is 45.6 Å². The van der Waals surface area contributed by atoms with Gasteiger partial charge >= 0.3 is 14.2 Å². The van der Waals surface area contributed by atoms with Gasteiger partial charge in [0.05, 0.1) is 10.8 Å². The Morgan fingerprint density at radius 1 is 0.762 bits per heavy atom. The fourth-order valence-electron chi connectivity index (χ4n) is 2.21. The van der Waals surface area contributed by atoms with E-state index in [1.165, 1.54) is 36.4 Å². The summed E-state index contributed by atoms with van der Waals surface area (Å²) in [5.41, 5.74) is 0.597. The summed E-state index contributed by atoms with van der Waals surface area (Å²) in [7, 11) is -3.37. The Morgan fingerprint density at radius 2 is 1.19 bits per heavy atom. The molecule has 0 aliphatic heterocycles. The maximum absolute atomic E-state index is 12.5. The Kier molecular flexibility index (Phi) is 3.30. The van der Waals surface area contributed by atoms with Gasteiger partial charge in [0.15, 0.2) is 5.43 Å². The zero-order chi connectivity index (χ0) is 15.1. The van der Waals surface area contributed by atoms with Crippen molar-refractivity contribution < 1.29 is 24.5 Å². The van der Waals surface area contributed by atoms with Gasteiger partial charge in [0.1, 0.15) is 11.2 Å². The Labute approximate surface area is 119 Å². The minimum Gasteiger partial charge on any atom is -0.456 e. The van der Waals surface area contributed by atoms with Crippen molar-refractivity contribution in [1.82, 2.24) is 0 Å². The molecule has 1 aromatic heterocycles. The van der Waals surface area contributed by atoms with Crippen LogP contribution in [0, 0.1) is 0 Å². The predicted molar refractivity (Wildman–Crippen MR) is 79.6 cm³/mol. The van der Waals surface area contributed by atoms with Crippen LogP contribution in [0.4, 0.5) is 0 Å². The van der Waals surface area contributed by atoms with Crippen molar-refractivity contribution in [2.75, 3.05) is 0 Å². The summed E-state index contributed by atoms with van der Waals surface area (Å²) in [5, 5.41) is 37.0. The minimum absolute atomic E-state index is 0.174. The summed E-state index contributed by atoms with van der Waals surface area (Å²) in [5.74, 6) is 0. The lowest BCUT2D eigenvalue weighted by atomic mass is 9.79. The molecule has 0 unspecified atom stereocenters. The first-order chi connectivity index (χ1) is 9.97. The van der Waals surface area contributed by atoms with Crippen molar-refractivity contribution >= 4 is 47.1 Å². The molecule has 104 valence electrons. The van der Waals surface area contributed by atoms with Gasteiger partial charge in [0.25, 0.3) is 0 Å². The van der Waals surface area contributed by atoms with Crippen LogP contribution in [0.25, 0.3) is 21.9 Å². The number of benzene rings is 2. The third-order valence-corrected chi connectivity index (χ3v) is 3.31. The number of hydrogen-bond donors (Lipinski definition) is 4. The summed E-state index contributed by atoms with van der Waals surface area (Å²) < 4.78 is 5.57. The fourth-order valence-corrected chi connectivity index (χ4v) is 2.21. The summed E-state index contributed by atoms with van der Waals surface area (Å²) in [6.07, 6.45) is 0. The molecule has 21 heavy (non-hydrogen) atoms. The molecule has 0 saturated heterocycles. The van der Waals surface area contributed by atoms with Crippen molar-refractivity contribution in [2.24, 2.45) is 0 Å². The first-order valence-electron chi connectivity index (χ1n) is 6.20. The average Bonchev–Trinajstić information content (AvgIpc) is 2.46. The van der Waals surface area contributed by atoms with E-state index in [-0.39, 0.29) is 27.1 Å². The highest BCUT2D eigenvalue weighted by molar-refractivity contribution is 6.59. The van der Waals surface area contributed by atoms with Crippen molar-refractivity contribution in [3.63, 3.8) is 0 Å². The molecule has 6 nitrogen and oxygen atoms in total. The number of fused-ring (bicyclic) bond motifs is 2. The highest BCUT2D eigenvalue weighted by atomic mass is 16.4. The summed E-state index contributed by atoms with van der Waals surface area (Å²) >= 11 is 0. The quantitative estimate of drug-likeness (QED) is 0.330. The maximum atomic E-state index is 12.5. The van der Waals surface area contributed by atoms with E-state index in [4.69, 9.17) is 24.5 Å². The van der Waals surface area contributed by atoms with E-state index in [0.717, 1.165) is 0 Å². The Balaban J connectivity index is 2.37. The highest BCUT2D eigenvalue weighted by Crippen LogP contribution is 2.16. The maximum Gasteiger partial charge on any atom is 0.488 e. The molecule has 0 aliphatic carbocycles. The fraction of sp³-hybridized carbons (Fsp3) is 0. The van der Waals surface area contributed by atoms with Gasteiger partial charge in [-0.25, -0.2) is 0 Å². The predicted octanol–water partition coefficient (Wildman–Crippen LogP) is -1.69. The zero-order valence-electron chi connectivity index (χ0n) is 10.7. The molecule has 8 heteroatoms. The third kappa shape index (κ3) is 2.34. The van der Waals surface area contributed by atoms with Gasteiger partial charge in [-0.1, -0.05) is 12.1 Å². The van der Waals surface area contributed by atoms with Gasteiger partial charge in [-0.2, -0.15) is 0 Å². The zero-order valence-corrected chi connectivity index (χ0v) is 10.7. The molecule has 0 amide bonds. The molecule has 1 heterocycles. The van der Waals surface area contributed by atoms with Crippen LogP contribution in [-0.2, 0) is 0 Å². The van der Waals surface area contributed by atoms with Crippen molar-refractivity contribution in [3.8, 4) is 0 Å². The molecule has 4 N–H and O–H groups in total. The molecular weight excluding hydrogens is 274 g/mol. The van der Waals surface area contributed by atoms with Gasteiger partial charge in [-0.05, 0) is 35.2 Å². The van der Waals surface area contributed by atoms with Crippen LogP contribution in [0.2, 0.25) is 0 Å². The van der Waals surface area contributed by atoms with Gasteiger partial charge in [-0.3, -0.25) is 4.79 Å². The Morgan fingerprint density at radius 3 is 1.57 bits per heavy atom. The lowest BCUT2D eigenvalue weighted by molar-refractivity contribution is 0.424. The summed E-state index contributed by atoms with van der Waals surface area (Å²) in [6, 6.07) is 8.56. The van der Waals surface area contributed by atoms with Crippen LogP contribution >= 0.6 is 0 Å². The molecular formula is C13H10B2O6. The van der Waals surface area contributed by atoms with Gasteiger partial charge < -0.3 is 24.5 Å². The topological polar surface area (TPSA) is 111 Å². The molecule has 2 aromatic carbocycles. The van der Waals surface area contributed by atoms with Crippen LogP contribution in [-0.4, -0.2) is 34.3 Å². The van der Waals surface area contributed by atoms with E-state index >= 15 is 0 Å². The standard InChI is InChI=1S/C13H10B2O6/c16-13-9-5-7(14(17)18)1-3-11(9)21-12-4-2-8(15(19)20)6-10(12)13/h1-6,17-20H. The molecule has 0 aliphatic rings. The monoisotopic (exact) mass is 284 g/mol. The highest BCUT2D eigenvalue weighted by Gasteiger charge is 2.16. The van der Waals surface area contributed by atoms with E-state index in [0.29, 0.717) is 11.2 Å². The normalized spacial score (nSPS) is 11.0. The van der Waals surface area contributed by atoms with Crippen molar-refractivity contribution in [1.29, 1.82) is 0 Å². The third-order valence-electron chi connectivity index (χ3n) is 3.31. The minimum atomic E-state index is -1.69. The first kappa shape index (κ1) is 13.8. The van der Waals surface area contributed by atoms with E-state index in [1.54, 1.807) is 0 Å². The Hall–Kier alpha value is -2.12. The molecule has 0 radical (unpaired) electrons. The first-order valence-corrected chi connectivity index (χ1v) is 6.20. The number of hydrogen-bond acceptors (Lipinski definition) is 6. The second-order valence-corrected chi connectivity index (χ2v) is 4.69. The molecule has 0 atom stereocenters. The smallest absolute Gasteiger partial charge is 0.456 e. The molecule has 0 saturated carbocycles. The lowest BCUT2D eigenvalue weighted by Gasteiger charge is -2.05. The molecule has 3 rings (SSSR count). The van der Waals surface area contributed by atoms with Crippen molar-refractivity contribution in [2.45, 2.75) is 0 Å². The van der Waals surface area contributed by atoms with Crippen molar-refractivity contribution in [3.05, 3.63) is 46.6 Å². The van der Waals surface area contributed by atoms with Crippen LogP contribution in [0.5, 0.6) is 0 Å². The molecule has 0 spiro atoms. The molecule has 0 bridgehead atoms. The van der Waals surface area contributed by atoms with Crippen LogP contribution < -0.4 is 16.4 Å². The van der Waals surface area contributed by atoms with E-state index in [1.807, 2.05) is 0 Å². The SMILES string of the molecule is O=c1c2cc(B(O)O)ccc2oc2ccc(B(O)O)cc12. The van der Waals surface area contributed by atoms with E-state index in [9.17, 15) is 4.79 Å². The van der Waals surface area contributed by atoms with E-state index < -0.39 is 14.2 Å². The molecule has 3 aromatic rings. The van der Waals surface area contributed by atoms with Crippen LogP contribution in [0.1, 0.15) is 0 Å². The van der Waals surface area contributed by atoms with Gasteiger partial charge in [-0.15, -0.1) is 0 Å². The van der Waals surface area contributed by atoms with Gasteiger partial charge in [0, 0.05) is 0 Å². The summed E-state index contributed by atoms with van der Waals surface area (Å²) in [4.78, 5) is 12.5. The Bertz CT molecular complexity index is 818. The van der Waals surface area contributed by atoms with Crippen LogP contribution in [0.3, 0.4) is 0 Å². The largest absolute Gasteiger partial charge is 0.488 e. The van der Waals surface area contributed by atoms with Gasteiger partial charge in [0.2, 0.25) is 0 Å². The second-order valence-electron chi connectivity index (χ2n) is 4.69. The number of rotatable bonds is 2. The van der Waals surface area contributed by atoms with E-state index in [2.05, 4.69) is 0 Å².